The number of hydrogen-bond acceptors (Lipinski definition) is 7. The average molecular weight is 322 g/mol. The Bertz CT molecular complexity index is 586. The molecule has 1 aromatic heterocycles. The third kappa shape index (κ3) is 6.25. The number of aliphatic imine (C=N–C) groups is 1. The first-order chi connectivity index (χ1) is 10.2. The predicted octanol–water partition coefficient (Wildman–Crippen LogP) is 2.36. The van der Waals surface area contributed by atoms with Gasteiger partial charge in [-0.05, 0) is 24.6 Å². The van der Waals surface area contributed by atoms with Crippen molar-refractivity contribution in [2.24, 2.45) is 10.1 Å². The molecule has 0 spiro atoms. The van der Waals surface area contributed by atoms with Crippen LogP contribution in [0.3, 0.4) is 0 Å². The van der Waals surface area contributed by atoms with Crippen molar-refractivity contribution in [1.82, 2.24) is 5.43 Å². The molecule has 0 aliphatic carbocycles. The van der Waals surface area contributed by atoms with E-state index in [2.05, 4.69) is 15.5 Å². The van der Waals surface area contributed by atoms with Gasteiger partial charge in [0, 0.05) is 4.88 Å². The minimum atomic E-state index is -0.689. The molecule has 1 N–H and O–H groups in total. The minimum Gasteiger partial charge on any atom is -0.462 e. The minimum absolute atomic E-state index is 0.160. The van der Waals surface area contributed by atoms with E-state index < -0.39 is 5.97 Å². The van der Waals surface area contributed by atoms with Crippen molar-refractivity contribution in [3.8, 4) is 6.07 Å². The lowest BCUT2D eigenvalue weighted by atomic mass is 10.3. The van der Waals surface area contributed by atoms with Crippen molar-refractivity contribution in [3.63, 3.8) is 0 Å². The molecule has 0 saturated carbocycles. The van der Waals surface area contributed by atoms with E-state index in [-0.39, 0.29) is 12.2 Å². The van der Waals surface area contributed by atoms with Crippen LogP contribution in [0.5, 0.6) is 0 Å². The van der Waals surface area contributed by atoms with Crippen molar-refractivity contribution in [3.05, 3.63) is 34.2 Å². The number of thioether (sulfide) groups is 1. The van der Waals surface area contributed by atoms with Gasteiger partial charge in [0.05, 0.1) is 19.0 Å². The Hall–Kier alpha value is -2.11. The molecule has 8 heteroatoms. The first kappa shape index (κ1) is 16.9. The Kier molecular flexibility index (Phi) is 7.86. The largest absolute Gasteiger partial charge is 0.462 e. The highest BCUT2D eigenvalue weighted by molar-refractivity contribution is 8.13. The second-order valence-corrected chi connectivity index (χ2v) is 5.17. The van der Waals surface area contributed by atoms with Crippen LogP contribution in [0.1, 0.15) is 11.8 Å². The van der Waals surface area contributed by atoms with Crippen LogP contribution in [-0.4, -0.2) is 30.2 Å². The molecule has 0 saturated heterocycles. The van der Waals surface area contributed by atoms with E-state index in [0.29, 0.717) is 5.17 Å². The van der Waals surface area contributed by atoms with Crippen LogP contribution in [0.25, 0.3) is 0 Å². The fourth-order valence-corrected chi connectivity index (χ4v) is 1.99. The lowest BCUT2D eigenvalue weighted by Gasteiger charge is -2.00. The molecule has 0 aromatic carbocycles. The maximum atomic E-state index is 11.4. The molecule has 1 heterocycles. The Morgan fingerprint density at radius 2 is 2.48 bits per heavy atom. The highest BCUT2D eigenvalue weighted by Crippen LogP contribution is 2.05. The van der Waals surface area contributed by atoms with Gasteiger partial charge in [-0.1, -0.05) is 17.8 Å². The van der Waals surface area contributed by atoms with Crippen molar-refractivity contribution in [1.29, 1.82) is 5.26 Å². The number of hydrazone groups is 1. The van der Waals surface area contributed by atoms with Crippen molar-refractivity contribution in [2.75, 3.05) is 12.9 Å². The van der Waals surface area contributed by atoms with Crippen LogP contribution in [0.2, 0.25) is 0 Å². The van der Waals surface area contributed by atoms with Crippen molar-refractivity contribution >= 4 is 40.5 Å². The third-order valence-corrected chi connectivity index (χ3v) is 3.41. The van der Waals surface area contributed by atoms with Crippen LogP contribution < -0.4 is 5.43 Å². The standard InChI is InChI=1S/C13H14N4O2S2/c1-3-19-12(18)10(7-14)8-15-13(20-2)17-16-9-11-5-4-6-21-11/h4-6,8-9H,3H2,1-2H3,(H,15,17). The summed E-state index contributed by atoms with van der Waals surface area (Å²) >= 11 is 2.87. The highest BCUT2D eigenvalue weighted by atomic mass is 32.2. The van der Waals surface area contributed by atoms with Gasteiger partial charge in [-0.15, -0.1) is 11.3 Å². The van der Waals surface area contributed by atoms with Gasteiger partial charge in [0.2, 0.25) is 0 Å². The van der Waals surface area contributed by atoms with Gasteiger partial charge in [-0.2, -0.15) is 10.4 Å². The Balaban J connectivity index is 2.69. The van der Waals surface area contributed by atoms with Crippen molar-refractivity contribution < 1.29 is 9.53 Å². The molecule has 0 atom stereocenters. The molecule has 110 valence electrons. The van der Waals surface area contributed by atoms with E-state index in [1.165, 1.54) is 11.8 Å². The molecule has 21 heavy (non-hydrogen) atoms. The van der Waals surface area contributed by atoms with Gasteiger partial charge >= 0.3 is 5.97 Å². The summed E-state index contributed by atoms with van der Waals surface area (Å²) in [6, 6.07) is 5.61. The number of rotatable bonds is 5. The number of nitrogens with zero attached hydrogens (tertiary/aromatic N) is 3. The third-order valence-electron chi connectivity index (χ3n) is 2.02. The number of amidine groups is 1. The van der Waals surface area contributed by atoms with Crippen LogP contribution in [0, 0.1) is 11.3 Å². The maximum absolute atomic E-state index is 11.4. The molecule has 0 bridgehead atoms. The summed E-state index contributed by atoms with van der Waals surface area (Å²) in [5.41, 5.74) is 2.58. The molecule has 1 rings (SSSR count). The highest BCUT2D eigenvalue weighted by Gasteiger charge is 2.09. The Morgan fingerprint density at radius 3 is 3.05 bits per heavy atom. The summed E-state index contributed by atoms with van der Waals surface area (Å²) in [6.45, 7) is 1.88. The molecular formula is C13H14N4O2S2. The normalized spacial score (nSPS) is 12.2. The molecule has 0 aliphatic rings. The van der Waals surface area contributed by atoms with Crippen LogP contribution in [0.4, 0.5) is 0 Å². The van der Waals surface area contributed by atoms with Gasteiger partial charge in [-0.3, -0.25) is 5.43 Å². The fraction of sp³-hybridized carbons (Fsp3) is 0.231. The number of thiophene rings is 1. The molecule has 1 aromatic rings. The molecule has 0 amide bonds. The smallest absolute Gasteiger partial charge is 0.350 e. The second-order valence-electron chi connectivity index (χ2n) is 3.40. The van der Waals surface area contributed by atoms with E-state index in [4.69, 9.17) is 10.00 Å². The monoisotopic (exact) mass is 322 g/mol. The first-order valence-corrected chi connectivity index (χ1v) is 8.03. The average Bonchev–Trinajstić information content (AvgIpc) is 2.99. The molecule has 0 fully saturated rings. The fourth-order valence-electron chi connectivity index (χ4n) is 1.10. The van der Waals surface area contributed by atoms with E-state index in [0.717, 1.165) is 11.1 Å². The van der Waals surface area contributed by atoms with E-state index >= 15 is 0 Å². The summed E-state index contributed by atoms with van der Waals surface area (Å²) in [6.07, 6.45) is 4.63. The lowest BCUT2D eigenvalue weighted by molar-refractivity contribution is -0.138. The van der Waals surface area contributed by atoms with Crippen LogP contribution >= 0.6 is 23.1 Å². The SMILES string of the molecule is CCOC(=O)C(C#N)=CN=C(NN=Cc1cccs1)SC. The first-order valence-electron chi connectivity index (χ1n) is 5.93. The van der Waals surface area contributed by atoms with Crippen molar-refractivity contribution in [2.45, 2.75) is 6.92 Å². The number of carbonyl (C=O) groups excluding carboxylic acids is 1. The molecular weight excluding hydrogens is 308 g/mol. The number of carbonyl (C=O) groups is 1. The topological polar surface area (TPSA) is 86.8 Å². The number of esters is 1. The summed E-state index contributed by atoms with van der Waals surface area (Å²) in [5, 5.41) is 15.3. The Labute approximate surface area is 131 Å². The molecule has 0 aliphatic heterocycles. The zero-order valence-electron chi connectivity index (χ0n) is 11.6. The summed E-state index contributed by atoms with van der Waals surface area (Å²) in [4.78, 5) is 16.4. The van der Waals surface area contributed by atoms with Crippen LogP contribution in [-0.2, 0) is 9.53 Å². The predicted molar refractivity (Wildman–Crippen MR) is 86.3 cm³/mol. The van der Waals surface area contributed by atoms with Gasteiger partial charge in [0.15, 0.2) is 10.7 Å². The number of ether oxygens (including phenoxy) is 1. The number of nitrogens with one attached hydrogen (secondary N) is 1. The molecule has 6 nitrogen and oxygen atoms in total. The number of nitriles is 1. The maximum Gasteiger partial charge on any atom is 0.350 e. The quantitative estimate of drug-likeness (QED) is 0.224. The van der Waals surface area contributed by atoms with Gasteiger partial charge in [0.1, 0.15) is 6.07 Å². The lowest BCUT2D eigenvalue weighted by Crippen LogP contribution is -2.13. The van der Waals surface area contributed by atoms with Gasteiger partial charge in [-0.25, -0.2) is 9.79 Å². The molecule has 0 radical (unpaired) electrons. The van der Waals surface area contributed by atoms with E-state index in [9.17, 15) is 4.79 Å². The second kappa shape index (κ2) is 9.74. The zero-order valence-corrected chi connectivity index (χ0v) is 13.2. The van der Waals surface area contributed by atoms with Gasteiger partial charge in [0.25, 0.3) is 0 Å². The zero-order chi connectivity index (χ0) is 15.5. The van der Waals surface area contributed by atoms with E-state index in [1.807, 2.05) is 17.5 Å². The summed E-state index contributed by atoms with van der Waals surface area (Å²) in [5.74, 6) is -0.689. The number of hydrogen-bond donors (Lipinski definition) is 1. The van der Waals surface area contributed by atoms with Gasteiger partial charge < -0.3 is 4.74 Å². The van der Waals surface area contributed by atoms with E-state index in [1.54, 1.807) is 36.8 Å². The van der Waals surface area contributed by atoms with Crippen LogP contribution in [0.15, 0.2) is 39.4 Å². The Morgan fingerprint density at radius 1 is 1.67 bits per heavy atom. The summed E-state index contributed by atoms with van der Waals surface area (Å²) < 4.78 is 4.74. The summed E-state index contributed by atoms with van der Waals surface area (Å²) in [7, 11) is 0. The molecule has 0 unspecified atom stereocenters.